The zero-order valence-electron chi connectivity index (χ0n) is 10.2. The highest BCUT2D eigenvalue weighted by Gasteiger charge is 2.26. The summed E-state index contributed by atoms with van der Waals surface area (Å²) in [6, 6.07) is 10.1. The number of carbonyl (C=O) groups excluding carboxylic acids is 1. The zero-order chi connectivity index (χ0) is 13.0. The minimum Gasteiger partial charge on any atom is -0.355 e. The smallest absolute Gasteiger partial charge is 0.221 e. The quantitative estimate of drug-likeness (QED) is 0.909. The molecular formula is C14H17ClN2O. The summed E-state index contributed by atoms with van der Waals surface area (Å²) in [4.78, 5) is 13.9. The Balaban J connectivity index is 2.24. The van der Waals surface area contributed by atoms with Crippen LogP contribution < -0.4 is 5.32 Å². The Morgan fingerprint density at radius 1 is 1.44 bits per heavy atom. The van der Waals surface area contributed by atoms with E-state index in [2.05, 4.69) is 16.8 Å². The molecule has 1 atom stereocenters. The monoisotopic (exact) mass is 264 g/mol. The Morgan fingerprint density at radius 3 is 2.83 bits per heavy atom. The van der Waals surface area contributed by atoms with Crippen LogP contribution in [0.25, 0.3) is 0 Å². The molecule has 1 heterocycles. The van der Waals surface area contributed by atoms with Gasteiger partial charge < -0.3 is 5.32 Å². The van der Waals surface area contributed by atoms with Crippen molar-refractivity contribution in [2.75, 3.05) is 19.6 Å². The molecule has 1 aliphatic rings. The lowest BCUT2D eigenvalue weighted by molar-refractivity contribution is -0.121. The molecule has 1 aromatic carbocycles. The molecule has 1 saturated heterocycles. The van der Waals surface area contributed by atoms with Crippen LogP contribution in [0, 0.1) is 0 Å². The summed E-state index contributed by atoms with van der Waals surface area (Å²) in [7, 11) is 0. The Labute approximate surface area is 112 Å². The van der Waals surface area contributed by atoms with E-state index < -0.39 is 0 Å². The highest BCUT2D eigenvalue weighted by atomic mass is 35.5. The molecule has 18 heavy (non-hydrogen) atoms. The predicted octanol–water partition coefficient (Wildman–Crippen LogP) is 2.30. The number of nitrogens with zero attached hydrogens (tertiary/aromatic N) is 1. The number of hydrogen-bond donors (Lipinski definition) is 1. The van der Waals surface area contributed by atoms with Gasteiger partial charge in [0.15, 0.2) is 0 Å². The molecule has 0 aliphatic carbocycles. The van der Waals surface area contributed by atoms with Crippen LogP contribution in [0.4, 0.5) is 0 Å². The van der Waals surface area contributed by atoms with Crippen molar-refractivity contribution in [1.29, 1.82) is 0 Å². The summed E-state index contributed by atoms with van der Waals surface area (Å²) >= 11 is 5.91. The first-order valence-electron chi connectivity index (χ1n) is 6.06. The standard InChI is InChI=1S/C14H17ClN2O/c1-11(15)10-17-8-7-16-14(18)9-13(17)12-5-3-2-4-6-12/h2-6,13H,1,7-10H2,(H,16,18). The van der Waals surface area contributed by atoms with E-state index >= 15 is 0 Å². The van der Waals surface area contributed by atoms with Crippen LogP contribution in [0.1, 0.15) is 18.0 Å². The van der Waals surface area contributed by atoms with Crippen molar-refractivity contribution in [3.8, 4) is 0 Å². The number of halogens is 1. The van der Waals surface area contributed by atoms with Gasteiger partial charge in [-0.3, -0.25) is 9.69 Å². The Morgan fingerprint density at radius 2 is 2.17 bits per heavy atom. The second-order valence-electron chi connectivity index (χ2n) is 4.47. The third kappa shape index (κ3) is 3.34. The molecule has 96 valence electrons. The van der Waals surface area contributed by atoms with Gasteiger partial charge in [0.1, 0.15) is 0 Å². The van der Waals surface area contributed by atoms with Crippen LogP contribution in [0.2, 0.25) is 0 Å². The minimum absolute atomic E-state index is 0.0733. The first-order valence-corrected chi connectivity index (χ1v) is 6.43. The topological polar surface area (TPSA) is 32.3 Å². The van der Waals surface area contributed by atoms with Gasteiger partial charge >= 0.3 is 0 Å². The molecule has 3 nitrogen and oxygen atoms in total. The molecule has 1 N–H and O–H groups in total. The molecule has 0 spiro atoms. The van der Waals surface area contributed by atoms with Crippen LogP contribution in [0.15, 0.2) is 41.9 Å². The summed E-state index contributed by atoms with van der Waals surface area (Å²) in [5.74, 6) is 0.0894. The molecule has 0 radical (unpaired) electrons. The van der Waals surface area contributed by atoms with E-state index in [4.69, 9.17) is 11.6 Å². The molecule has 1 fully saturated rings. The molecule has 4 heteroatoms. The zero-order valence-corrected chi connectivity index (χ0v) is 11.0. The molecule has 1 amide bonds. The number of amides is 1. The highest BCUT2D eigenvalue weighted by Crippen LogP contribution is 2.26. The number of benzene rings is 1. The minimum atomic E-state index is 0.0733. The van der Waals surface area contributed by atoms with Crippen molar-refractivity contribution in [3.05, 3.63) is 47.5 Å². The fourth-order valence-corrected chi connectivity index (χ4v) is 2.44. The average Bonchev–Trinajstić information content (AvgIpc) is 2.52. The maximum Gasteiger partial charge on any atom is 0.221 e. The van der Waals surface area contributed by atoms with Crippen molar-refractivity contribution in [2.45, 2.75) is 12.5 Å². The molecular weight excluding hydrogens is 248 g/mol. The van der Waals surface area contributed by atoms with Crippen LogP contribution in [0.3, 0.4) is 0 Å². The second kappa shape index (κ2) is 6.03. The predicted molar refractivity (Wildman–Crippen MR) is 73.4 cm³/mol. The average molecular weight is 265 g/mol. The molecule has 0 saturated carbocycles. The lowest BCUT2D eigenvalue weighted by atomic mass is 10.0. The first kappa shape index (κ1) is 13.1. The van der Waals surface area contributed by atoms with Gasteiger partial charge in [0, 0.05) is 37.1 Å². The van der Waals surface area contributed by atoms with E-state index in [0.29, 0.717) is 24.5 Å². The fraction of sp³-hybridized carbons (Fsp3) is 0.357. The van der Waals surface area contributed by atoms with Gasteiger partial charge in [0.2, 0.25) is 5.91 Å². The van der Waals surface area contributed by atoms with E-state index in [1.807, 2.05) is 30.3 Å². The summed E-state index contributed by atoms with van der Waals surface area (Å²) in [6.45, 7) is 5.80. The molecule has 1 aliphatic heterocycles. The number of carbonyl (C=O) groups is 1. The van der Waals surface area contributed by atoms with Gasteiger partial charge in [-0.2, -0.15) is 0 Å². The maximum absolute atomic E-state index is 11.7. The summed E-state index contributed by atoms with van der Waals surface area (Å²) < 4.78 is 0. The van der Waals surface area contributed by atoms with Gasteiger partial charge in [-0.1, -0.05) is 48.5 Å². The Kier molecular flexibility index (Phi) is 4.39. The van der Waals surface area contributed by atoms with Crippen molar-refractivity contribution in [1.82, 2.24) is 10.2 Å². The lowest BCUT2D eigenvalue weighted by Gasteiger charge is -2.28. The van der Waals surface area contributed by atoms with Crippen molar-refractivity contribution >= 4 is 17.5 Å². The second-order valence-corrected chi connectivity index (χ2v) is 5.00. The van der Waals surface area contributed by atoms with Gasteiger partial charge in [0.25, 0.3) is 0 Å². The Bertz CT molecular complexity index is 433. The number of hydrogen-bond acceptors (Lipinski definition) is 2. The third-order valence-corrected chi connectivity index (χ3v) is 3.22. The molecule has 1 aromatic rings. The summed E-state index contributed by atoms with van der Waals surface area (Å²) in [5.41, 5.74) is 1.15. The summed E-state index contributed by atoms with van der Waals surface area (Å²) in [5, 5.41) is 3.50. The molecule has 0 aromatic heterocycles. The highest BCUT2D eigenvalue weighted by molar-refractivity contribution is 6.29. The van der Waals surface area contributed by atoms with Crippen molar-refractivity contribution in [3.63, 3.8) is 0 Å². The molecule has 0 bridgehead atoms. The van der Waals surface area contributed by atoms with Crippen LogP contribution in [0.5, 0.6) is 0 Å². The third-order valence-electron chi connectivity index (χ3n) is 3.10. The SMILES string of the molecule is C=C(Cl)CN1CCNC(=O)CC1c1ccccc1. The van der Waals surface area contributed by atoms with Crippen LogP contribution in [-0.2, 0) is 4.79 Å². The van der Waals surface area contributed by atoms with E-state index in [1.165, 1.54) is 0 Å². The molecule has 2 rings (SSSR count). The lowest BCUT2D eigenvalue weighted by Crippen LogP contribution is -2.31. The van der Waals surface area contributed by atoms with Gasteiger partial charge in [0.05, 0.1) is 0 Å². The normalized spacial score (nSPS) is 21.2. The van der Waals surface area contributed by atoms with E-state index in [-0.39, 0.29) is 11.9 Å². The van der Waals surface area contributed by atoms with E-state index in [9.17, 15) is 4.79 Å². The van der Waals surface area contributed by atoms with Crippen molar-refractivity contribution < 1.29 is 4.79 Å². The van der Waals surface area contributed by atoms with Crippen LogP contribution in [-0.4, -0.2) is 30.4 Å². The van der Waals surface area contributed by atoms with E-state index in [1.54, 1.807) is 0 Å². The molecule has 1 unspecified atom stereocenters. The maximum atomic E-state index is 11.7. The first-order chi connectivity index (χ1) is 8.66. The van der Waals surface area contributed by atoms with Crippen LogP contribution >= 0.6 is 11.6 Å². The van der Waals surface area contributed by atoms with Gasteiger partial charge in [-0.25, -0.2) is 0 Å². The number of rotatable bonds is 3. The summed E-state index contributed by atoms with van der Waals surface area (Å²) in [6.07, 6.45) is 0.466. The number of nitrogens with one attached hydrogen (secondary N) is 1. The van der Waals surface area contributed by atoms with Gasteiger partial charge in [-0.05, 0) is 5.56 Å². The Hall–Kier alpha value is -1.32. The van der Waals surface area contributed by atoms with Crippen molar-refractivity contribution in [2.24, 2.45) is 0 Å². The van der Waals surface area contributed by atoms with E-state index in [0.717, 1.165) is 12.1 Å². The van der Waals surface area contributed by atoms with Gasteiger partial charge in [-0.15, -0.1) is 0 Å². The largest absolute Gasteiger partial charge is 0.355 e. The fourth-order valence-electron chi connectivity index (χ4n) is 2.29.